The number of amides is 1. The number of aromatic nitrogens is 1. The van der Waals surface area contributed by atoms with Gasteiger partial charge in [-0.15, -0.1) is 0 Å². The van der Waals surface area contributed by atoms with E-state index in [0.29, 0.717) is 18.0 Å². The Bertz CT molecular complexity index is 601. The van der Waals surface area contributed by atoms with Crippen LogP contribution in [-0.4, -0.2) is 17.5 Å². The molecule has 6 nitrogen and oxygen atoms in total. The van der Waals surface area contributed by atoms with Gasteiger partial charge in [0, 0.05) is 12.3 Å². The predicted octanol–water partition coefficient (Wildman–Crippen LogP) is 0.972. The largest absolute Gasteiger partial charge is 0.478 e. The van der Waals surface area contributed by atoms with Crippen molar-refractivity contribution in [2.45, 2.75) is 13.5 Å². The van der Waals surface area contributed by atoms with Gasteiger partial charge in [0.2, 0.25) is 5.43 Å². The lowest BCUT2D eigenvalue weighted by atomic mass is 10.3. The first-order chi connectivity index (χ1) is 9.16. The molecule has 0 aliphatic heterocycles. The summed E-state index contributed by atoms with van der Waals surface area (Å²) in [4.78, 5) is 25.9. The smallest absolute Gasteiger partial charge is 0.258 e. The molecule has 2 aromatic heterocycles. The molecule has 19 heavy (non-hydrogen) atoms. The molecular weight excluding hydrogens is 248 g/mol. The van der Waals surface area contributed by atoms with E-state index in [1.165, 1.54) is 18.5 Å². The minimum atomic E-state index is -0.320. The Labute approximate surface area is 109 Å². The van der Waals surface area contributed by atoms with E-state index in [-0.39, 0.29) is 23.7 Å². The summed E-state index contributed by atoms with van der Waals surface area (Å²) in [6.45, 7) is 1.78. The molecule has 0 saturated carbocycles. The number of furan rings is 1. The zero-order valence-corrected chi connectivity index (χ0v) is 10.4. The first-order valence-corrected chi connectivity index (χ1v) is 5.77. The molecule has 0 radical (unpaired) electrons. The molecule has 0 spiro atoms. The van der Waals surface area contributed by atoms with Crippen LogP contribution in [0.3, 0.4) is 0 Å². The molecule has 0 bridgehead atoms. The van der Waals surface area contributed by atoms with Gasteiger partial charge in [-0.2, -0.15) is 0 Å². The van der Waals surface area contributed by atoms with Crippen molar-refractivity contribution in [2.24, 2.45) is 0 Å². The highest BCUT2D eigenvalue weighted by atomic mass is 16.5. The van der Waals surface area contributed by atoms with E-state index in [0.717, 1.165) is 0 Å². The van der Waals surface area contributed by atoms with Crippen LogP contribution < -0.4 is 15.5 Å². The average Bonchev–Trinajstić information content (AvgIpc) is 2.89. The highest BCUT2D eigenvalue weighted by Gasteiger charge is 2.08. The minimum absolute atomic E-state index is 0.163. The van der Waals surface area contributed by atoms with Gasteiger partial charge in [-0.1, -0.05) is 0 Å². The van der Waals surface area contributed by atoms with E-state index < -0.39 is 0 Å². The Hall–Kier alpha value is -2.50. The predicted molar refractivity (Wildman–Crippen MR) is 67.8 cm³/mol. The van der Waals surface area contributed by atoms with Gasteiger partial charge in [0.15, 0.2) is 12.4 Å². The third kappa shape index (κ3) is 3.48. The normalized spacial score (nSPS) is 10.2. The lowest BCUT2D eigenvalue weighted by Gasteiger charge is -2.07. The Balaban J connectivity index is 1.85. The average molecular weight is 262 g/mol. The molecular formula is C13H14N2O4. The van der Waals surface area contributed by atoms with Crippen LogP contribution in [0.2, 0.25) is 0 Å². The van der Waals surface area contributed by atoms with E-state index in [2.05, 4.69) is 10.3 Å². The molecule has 2 rings (SSSR count). The number of aryl methyl sites for hydroxylation is 1. The molecule has 0 fully saturated rings. The lowest BCUT2D eigenvalue weighted by Crippen LogP contribution is -2.29. The fourth-order valence-corrected chi connectivity index (χ4v) is 1.54. The van der Waals surface area contributed by atoms with Crippen LogP contribution >= 0.6 is 0 Å². The van der Waals surface area contributed by atoms with Gasteiger partial charge < -0.3 is 19.5 Å². The van der Waals surface area contributed by atoms with Gasteiger partial charge in [-0.3, -0.25) is 9.59 Å². The molecule has 100 valence electrons. The number of rotatable bonds is 5. The molecule has 2 heterocycles. The zero-order chi connectivity index (χ0) is 13.7. The number of nitrogens with one attached hydrogen (secondary N) is 2. The van der Waals surface area contributed by atoms with Gasteiger partial charge >= 0.3 is 0 Å². The van der Waals surface area contributed by atoms with Crippen molar-refractivity contribution >= 4 is 5.91 Å². The maximum absolute atomic E-state index is 11.5. The van der Waals surface area contributed by atoms with E-state index in [1.807, 2.05) is 0 Å². The Morgan fingerprint density at radius 3 is 3.00 bits per heavy atom. The molecule has 0 aromatic carbocycles. The second-order valence-electron chi connectivity index (χ2n) is 3.94. The number of aromatic amines is 1. The molecule has 0 aliphatic rings. The quantitative estimate of drug-likeness (QED) is 0.841. The summed E-state index contributed by atoms with van der Waals surface area (Å²) in [5.74, 6) is 0.497. The topological polar surface area (TPSA) is 84.3 Å². The summed E-state index contributed by atoms with van der Waals surface area (Å²) in [5, 5.41) is 2.62. The molecule has 1 amide bonds. The number of carbonyl (C=O) groups is 1. The third-order valence-corrected chi connectivity index (χ3v) is 2.49. The Morgan fingerprint density at radius 2 is 2.32 bits per heavy atom. The lowest BCUT2D eigenvalue weighted by molar-refractivity contribution is -0.123. The van der Waals surface area contributed by atoms with Gasteiger partial charge in [0.1, 0.15) is 5.76 Å². The first-order valence-electron chi connectivity index (χ1n) is 5.77. The molecule has 2 N–H and O–H groups in total. The van der Waals surface area contributed by atoms with Crippen LogP contribution in [0.4, 0.5) is 0 Å². The van der Waals surface area contributed by atoms with Gasteiger partial charge in [-0.05, 0) is 19.1 Å². The maximum atomic E-state index is 11.5. The van der Waals surface area contributed by atoms with Crippen molar-refractivity contribution in [1.29, 1.82) is 0 Å². The fraction of sp³-hybridized carbons (Fsp3) is 0.231. The van der Waals surface area contributed by atoms with Crippen LogP contribution in [0, 0.1) is 6.92 Å². The second-order valence-corrected chi connectivity index (χ2v) is 3.94. The monoisotopic (exact) mass is 262 g/mol. The van der Waals surface area contributed by atoms with Crippen LogP contribution in [0.15, 0.2) is 39.9 Å². The number of hydrogen-bond donors (Lipinski definition) is 2. The van der Waals surface area contributed by atoms with Gasteiger partial charge in [0.05, 0.1) is 18.5 Å². The van der Waals surface area contributed by atoms with Crippen LogP contribution in [0.1, 0.15) is 11.5 Å². The summed E-state index contributed by atoms with van der Waals surface area (Å²) in [5.41, 5.74) is 0.335. The fourth-order valence-electron chi connectivity index (χ4n) is 1.54. The van der Waals surface area contributed by atoms with E-state index in [1.54, 1.807) is 19.1 Å². The van der Waals surface area contributed by atoms with Crippen molar-refractivity contribution in [1.82, 2.24) is 10.3 Å². The van der Waals surface area contributed by atoms with Crippen molar-refractivity contribution in [3.63, 3.8) is 0 Å². The molecule has 0 aliphatic carbocycles. The second kappa shape index (κ2) is 5.90. The number of carbonyl (C=O) groups excluding carboxylic acids is 1. The zero-order valence-electron chi connectivity index (χ0n) is 10.4. The molecule has 0 saturated heterocycles. The summed E-state index contributed by atoms with van der Waals surface area (Å²) in [6.07, 6.45) is 3.06. The number of pyridine rings is 1. The summed E-state index contributed by atoms with van der Waals surface area (Å²) >= 11 is 0. The molecule has 0 unspecified atom stereocenters. The van der Waals surface area contributed by atoms with Crippen molar-refractivity contribution in [3.05, 3.63) is 52.3 Å². The minimum Gasteiger partial charge on any atom is -0.478 e. The first kappa shape index (κ1) is 12.9. The van der Waals surface area contributed by atoms with E-state index in [9.17, 15) is 9.59 Å². The Morgan fingerprint density at radius 1 is 1.47 bits per heavy atom. The number of hydrogen-bond acceptors (Lipinski definition) is 4. The summed E-state index contributed by atoms with van der Waals surface area (Å²) in [7, 11) is 0. The Kier molecular flexibility index (Phi) is 4.02. The number of ether oxygens (including phenoxy) is 1. The van der Waals surface area contributed by atoms with Crippen LogP contribution in [-0.2, 0) is 11.3 Å². The highest BCUT2D eigenvalue weighted by Crippen LogP contribution is 2.07. The van der Waals surface area contributed by atoms with Gasteiger partial charge in [-0.25, -0.2) is 0 Å². The van der Waals surface area contributed by atoms with Gasteiger partial charge in [0.25, 0.3) is 5.91 Å². The van der Waals surface area contributed by atoms with Crippen molar-refractivity contribution < 1.29 is 13.9 Å². The summed E-state index contributed by atoms with van der Waals surface area (Å²) < 4.78 is 10.3. The maximum Gasteiger partial charge on any atom is 0.258 e. The SMILES string of the molecule is Cc1[nH]ccc(=O)c1OCC(=O)NCc1ccco1. The van der Waals surface area contributed by atoms with Crippen LogP contribution in [0.5, 0.6) is 5.75 Å². The standard InChI is InChI=1S/C13H14N2O4/c1-9-13(11(16)4-5-14-9)19-8-12(17)15-7-10-3-2-6-18-10/h2-6H,7-8H2,1H3,(H,14,16)(H,15,17). The van der Waals surface area contributed by atoms with Crippen LogP contribution in [0.25, 0.3) is 0 Å². The highest BCUT2D eigenvalue weighted by molar-refractivity contribution is 5.77. The third-order valence-electron chi connectivity index (χ3n) is 2.49. The van der Waals surface area contributed by atoms with E-state index in [4.69, 9.17) is 9.15 Å². The van der Waals surface area contributed by atoms with Crippen molar-refractivity contribution in [3.8, 4) is 5.75 Å². The van der Waals surface area contributed by atoms with E-state index >= 15 is 0 Å². The molecule has 6 heteroatoms. The molecule has 2 aromatic rings. The number of H-pyrrole nitrogens is 1. The van der Waals surface area contributed by atoms with Crippen molar-refractivity contribution in [2.75, 3.05) is 6.61 Å². The molecule has 0 atom stereocenters. The summed E-state index contributed by atoms with van der Waals surface area (Å²) in [6, 6.07) is 4.85.